The van der Waals surface area contributed by atoms with Gasteiger partial charge in [-0.05, 0) is 60.6 Å². The molecule has 0 atom stereocenters. The number of hydrogen-bond acceptors (Lipinski definition) is 4. The number of ether oxygens (including phenoxy) is 1. The first-order valence-corrected chi connectivity index (χ1v) is 7.64. The molecule has 0 spiro atoms. The highest BCUT2D eigenvalue weighted by Gasteiger charge is 2.03. The van der Waals surface area contributed by atoms with Gasteiger partial charge in [0.05, 0.1) is 13.0 Å². The number of benzene rings is 2. The Morgan fingerprint density at radius 1 is 1.27 bits per heavy atom. The second-order valence-corrected chi connectivity index (χ2v) is 5.54. The predicted molar refractivity (Wildman–Crippen MR) is 87.8 cm³/mol. The quantitative estimate of drug-likeness (QED) is 0.647. The van der Waals surface area contributed by atoms with Crippen molar-refractivity contribution in [1.29, 1.82) is 5.26 Å². The molecule has 0 fully saturated rings. The van der Waals surface area contributed by atoms with E-state index in [1.54, 1.807) is 24.3 Å². The molecule has 0 heterocycles. The molecular formula is C17H16N2O2S. The van der Waals surface area contributed by atoms with Crippen LogP contribution in [0.25, 0.3) is 0 Å². The van der Waals surface area contributed by atoms with Gasteiger partial charge in [0.25, 0.3) is 0 Å². The maximum atomic E-state index is 11.8. The number of amides is 1. The number of rotatable bonds is 6. The van der Waals surface area contributed by atoms with E-state index in [1.165, 1.54) is 0 Å². The Balaban J connectivity index is 1.77. The fourth-order valence-electron chi connectivity index (χ4n) is 1.85. The van der Waals surface area contributed by atoms with Crippen molar-refractivity contribution in [2.24, 2.45) is 0 Å². The molecule has 0 aliphatic heterocycles. The molecule has 1 amide bonds. The van der Waals surface area contributed by atoms with Gasteiger partial charge in [-0.15, -0.1) is 0 Å². The molecule has 0 saturated carbocycles. The van der Waals surface area contributed by atoms with E-state index in [0.717, 1.165) is 28.0 Å². The number of hydrogen-bond donors (Lipinski definition) is 1. The Morgan fingerprint density at radius 2 is 2.05 bits per heavy atom. The zero-order chi connectivity index (χ0) is 15.8. The topological polar surface area (TPSA) is 62.1 Å². The van der Waals surface area contributed by atoms with Gasteiger partial charge < -0.3 is 10.1 Å². The van der Waals surface area contributed by atoms with Gasteiger partial charge in [-0.3, -0.25) is 4.79 Å². The summed E-state index contributed by atoms with van der Waals surface area (Å²) in [5.74, 6) is 0.666. The number of carbonyl (C=O) groups excluding carboxylic acids is 1. The summed E-state index contributed by atoms with van der Waals surface area (Å²) in [5.41, 5.74) is 1.83. The molecule has 5 heteroatoms. The number of thioether (sulfide) groups is 1. The average molecular weight is 312 g/mol. The van der Waals surface area contributed by atoms with Crippen molar-refractivity contribution >= 4 is 23.4 Å². The van der Waals surface area contributed by atoms with Gasteiger partial charge in [0.2, 0.25) is 5.91 Å². The summed E-state index contributed by atoms with van der Waals surface area (Å²) in [6, 6.07) is 14.9. The summed E-state index contributed by atoms with van der Waals surface area (Å²) in [5, 5.41) is 13.4. The molecule has 0 saturated heterocycles. The summed E-state index contributed by atoms with van der Waals surface area (Å²) >= 11 is 1.09. The van der Waals surface area contributed by atoms with Crippen LogP contribution >= 0.6 is 11.8 Å². The maximum Gasteiger partial charge on any atom is 0.227 e. The van der Waals surface area contributed by atoms with Crippen LogP contribution in [0.15, 0.2) is 53.4 Å². The molecule has 0 bridgehead atoms. The Bertz CT molecular complexity index is 678. The maximum absolute atomic E-state index is 11.8. The molecular weight excluding hydrogens is 296 g/mol. The van der Waals surface area contributed by atoms with Crippen molar-refractivity contribution in [2.45, 2.75) is 18.2 Å². The highest BCUT2D eigenvalue weighted by atomic mass is 32.2. The van der Waals surface area contributed by atoms with Gasteiger partial charge in [0.15, 0.2) is 0 Å². The lowest BCUT2D eigenvalue weighted by Crippen LogP contribution is -2.15. The normalized spacial score (nSPS) is 9.82. The van der Waals surface area contributed by atoms with Crippen LogP contribution in [0.5, 0.6) is 5.75 Å². The molecule has 2 aromatic rings. The van der Waals surface area contributed by atoms with E-state index in [0.29, 0.717) is 12.3 Å². The summed E-state index contributed by atoms with van der Waals surface area (Å²) < 4.78 is 5.55. The molecule has 0 radical (unpaired) electrons. The molecule has 4 nitrogen and oxygen atoms in total. The zero-order valence-corrected chi connectivity index (χ0v) is 13.0. The molecule has 2 aromatic carbocycles. The van der Waals surface area contributed by atoms with E-state index in [1.807, 2.05) is 36.6 Å². The monoisotopic (exact) mass is 312 g/mol. The van der Waals surface area contributed by atoms with Gasteiger partial charge >= 0.3 is 0 Å². The van der Waals surface area contributed by atoms with Crippen LogP contribution in [0.4, 0.5) is 5.69 Å². The Morgan fingerprint density at radius 3 is 2.73 bits per heavy atom. The van der Waals surface area contributed by atoms with Gasteiger partial charge in [0, 0.05) is 10.6 Å². The van der Waals surface area contributed by atoms with Crippen molar-refractivity contribution in [3.63, 3.8) is 0 Å². The lowest BCUT2D eigenvalue weighted by Gasteiger charge is -2.08. The smallest absolute Gasteiger partial charge is 0.227 e. The number of nitrogens with one attached hydrogen (secondary N) is 1. The Hall–Kier alpha value is -2.45. The first-order chi connectivity index (χ1) is 10.7. The third-order valence-electron chi connectivity index (χ3n) is 2.89. The third-order valence-corrected chi connectivity index (χ3v) is 3.49. The zero-order valence-electron chi connectivity index (χ0n) is 12.2. The molecule has 1 N–H and O–H groups in total. The Labute approximate surface area is 134 Å². The molecule has 2 rings (SSSR count). The minimum absolute atomic E-state index is 0.103. The largest absolute Gasteiger partial charge is 0.493 e. The van der Waals surface area contributed by atoms with Gasteiger partial charge in [-0.25, -0.2) is 0 Å². The second kappa shape index (κ2) is 8.11. The van der Waals surface area contributed by atoms with E-state index in [9.17, 15) is 4.79 Å². The van der Waals surface area contributed by atoms with E-state index in [4.69, 9.17) is 10.00 Å². The van der Waals surface area contributed by atoms with Crippen LogP contribution in [0.3, 0.4) is 0 Å². The molecule has 0 unspecified atom stereocenters. The highest BCUT2D eigenvalue weighted by molar-refractivity contribution is 8.03. The van der Waals surface area contributed by atoms with Crippen LogP contribution < -0.4 is 10.1 Å². The van der Waals surface area contributed by atoms with Crippen molar-refractivity contribution in [3.05, 3.63) is 54.1 Å². The Kier molecular flexibility index (Phi) is 5.87. The number of thiocyanates is 1. The van der Waals surface area contributed by atoms with Crippen molar-refractivity contribution in [2.75, 3.05) is 11.9 Å². The lowest BCUT2D eigenvalue weighted by atomic mass is 10.2. The van der Waals surface area contributed by atoms with E-state index < -0.39 is 0 Å². The second-order valence-electron chi connectivity index (χ2n) is 4.68. The van der Waals surface area contributed by atoms with Gasteiger partial charge in [-0.1, -0.05) is 12.1 Å². The van der Waals surface area contributed by atoms with E-state index in [2.05, 4.69) is 5.32 Å². The van der Waals surface area contributed by atoms with Crippen LogP contribution in [0, 0.1) is 17.6 Å². The first-order valence-electron chi connectivity index (χ1n) is 6.83. The van der Waals surface area contributed by atoms with E-state index in [-0.39, 0.29) is 12.3 Å². The molecule has 0 aliphatic carbocycles. The molecule has 0 aliphatic rings. The van der Waals surface area contributed by atoms with E-state index >= 15 is 0 Å². The third kappa shape index (κ3) is 5.15. The average Bonchev–Trinajstić information content (AvgIpc) is 2.50. The molecule has 22 heavy (non-hydrogen) atoms. The summed E-state index contributed by atoms with van der Waals surface area (Å²) in [6.45, 7) is 2.32. The van der Waals surface area contributed by atoms with Crippen molar-refractivity contribution in [3.8, 4) is 11.2 Å². The first kappa shape index (κ1) is 15.9. The summed E-state index contributed by atoms with van der Waals surface area (Å²) in [4.78, 5) is 12.7. The van der Waals surface area contributed by atoms with Crippen LogP contribution in [-0.2, 0) is 4.79 Å². The molecule has 112 valence electrons. The summed E-state index contributed by atoms with van der Waals surface area (Å²) in [7, 11) is 0. The fourth-order valence-corrected chi connectivity index (χ4v) is 2.23. The van der Waals surface area contributed by atoms with Crippen LogP contribution in [0.2, 0.25) is 0 Å². The van der Waals surface area contributed by atoms with Crippen LogP contribution in [0.1, 0.15) is 12.0 Å². The number of carbonyl (C=O) groups is 1. The van der Waals surface area contributed by atoms with Crippen LogP contribution in [-0.4, -0.2) is 12.5 Å². The number of nitrogens with zero attached hydrogens (tertiary/aromatic N) is 1. The predicted octanol–water partition coefficient (Wildman–Crippen LogP) is 3.98. The van der Waals surface area contributed by atoms with Gasteiger partial charge in [-0.2, -0.15) is 5.26 Å². The number of anilines is 1. The van der Waals surface area contributed by atoms with Gasteiger partial charge in [0.1, 0.15) is 11.2 Å². The highest BCUT2D eigenvalue weighted by Crippen LogP contribution is 2.19. The minimum atomic E-state index is -0.103. The lowest BCUT2D eigenvalue weighted by molar-refractivity contribution is -0.116. The van der Waals surface area contributed by atoms with Crippen molar-refractivity contribution in [1.82, 2.24) is 0 Å². The fraction of sp³-hybridized carbons (Fsp3) is 0.176. The minimum Gasteiger partial charge on any atom is -0.493 e. The number of aryl methyl sites for hydroxylation is 1. The summed E-state index contributed by atoms with van der Waals surface area (Å²) in [6.07, 6.45) is 0.280. The SMILES string of the molecule is Cc1cccc(OCCC(=O)Nc2ccc(SC#N)cc2)c1. The number of nitriles is 1. The molecule has 0 aromatic heterocycles. The van der Waals surface area contributed by atoms with Crippen molar-refractivity contribution < 1.29 is 9.53 Å². The standard InChI is InChI=1S/C17H16N2O2S/c1-13-3-2-4-15(11-13)21-10-9-17(20)19-14-5-7-16(8-6-14)22-12-18/h2-8,11H,9-10H2,1H3,(H,19,20).